The zero-order valence-corrected chi connectivity index (χ0v) is 10.1. The molecule has 9 heavy (non-hydrogen) atoms. The zero-order chi connectivity index (χ0) is 5.54. The summed E-state index contributed by atoms with van der Waals surface area (Å²) in [5.74, 6) is 0. The van der Waals surface area contributed by atoms with Gasteiger partial charge in [-0.15, -0.1) is 0 Å². The Hall–Kier alpha value is 0.593. The fraction of sp³-hybridized carbons (Fsp3) is 0.667. The van der Waals surface area contributed by atoms with Crippen LogP contribution in [0.2, 0.25) is 0 Å². The predicted molar refractivity (Wildman–Crippen MR) is 29.4 cm³/mol. The monoisotopic (exact) mass is 239 g/mol. The minimum absolute atomic E-state index is 0. The summed E-state index contributed by atoms with van der Waals surface area (Å²) in [6.07, 6.45) is 3.75. The van der Waals surface area contributed by atoms with Crippen LogP contribution in [-0.4, -0.2) is 0 Å². The van der Waals surface area contributed by atoms with Crippen LogP contribution in [0.3, 0.4) is 0 Å². The van der Waals surface area contributed by atoms with Crippen LogP contribution >= 0.6 is 0 Å². The van der Waals surface area contributed by atoms with Gasteiger partial charge in [0.1, 0.15) is 0 Å². The van der Waals surface area contributed by atoms with E-state index in [1.807, 2.05) is 0 Å². The number of unbranched alkanes of at least 4 members (excludes halogenated alkanes) is 3. The molecule has 3 heteroatoms. The van der Waals surface area contributed by atoms with E-state index in [2.05, 4.69) is 13.0 Å². The molecule has 0 amide bonds. The molecule has 0 saturated heterocycles. The van der Waals surface area contributed by atoms with Crippen LogP contribution in [0.15, 0.2) is 0 Å². The maximum absolute atomic E-state index is 8.02. The molecule has 0 heterocycles. The van der Waals surface area contributed by atoms with Gasteiger partial charge in [0.05, 0.1) is 6.07 Å². The van der Waals surface area contributed by atoms with Gasteiger partial charge in [-0.1, -0.05) is 19.8 Å². The minimum atomic E-state index is 0. The number of hydrogen-bond acceptors (Lipinski definition) is 1. The molecule has 0 unspecified atom stereocenters. The Morgan fingerprint density at radius 2 is 1.89 bits per heavy atom. The van der Waals surface area contributed by atoms with Crippen molar-refractivity contribution in [3.63, 3.8) is 0 Å². The van der Waals surface area contributed by atoms with Crippen molar-refractivity contribution in [2.75, 3.05) is 0 Å². The summed E-state index contributed by atoms with van der Waals surface area (Å²) < 4.78 is 0. The average Bonchev–Trinajstić information content (AvgIpc) is 1.69. The van der Waals surface area contributed by atoms with E-state index in [0.717, 1.165) is 19.3 Å². The molecule has 1 radical (unpaired) electrons. The fourth-order valence-electron chi connectivity index (χ4n) is 0.381. The fourth-order valence-corrected chi connectivity index (χ4v) is 0.381. The summed E-state index contributed by atoms with van der Waals surface area (Å²) in [6.45, 7) is 3.65. The zero-order valence-electron chi connectivity index (χ0n) is 5.57. The van der Waals surface area contributed by atoms with Crippen LogP contribution in [0, 0.1) is 18.3 Å². The molecule has 0 aromatic carbocycles. The van der Waals surface area contributed by atoms with E-state index >= 15 is 0 Å². The second-order valence-electron chi connectivity index (χ2n) is 1.47. The first kappa shape index (κ1) is 16.3. The molecule has 0 aromatic rings. The Bertz CT molecular complexity index is 69.9. The van der Waals surface area contributed by atoms with E-state index < -0.39 is 0 Å². The van der Waals surface area contributed by atoms with Gasteiger partial charge in [-0.25, -0.2) is 0 Å². The largest absolute Gasteiger partial charge is 1.00 e. The number of hydrogen-bond donors (Lipinski definition) is 0. The number of nitrogens with zero attached hydrogens (tertiary/aromatic N) is 1. The number of rotatable bonds is 3. The summed E-state index contributed by atoms with van der Waals surface area (Å²) in [4.78, 5) is 0. The summed E-state index contributed by atoms with van der Waals surface area (Å²) in [7, 11) is 0. The molecule has 0 fully saturated rings. The predicted octanol–water partition coefficient (Wildman–Crippen LogP) is -1.09. The quantitative estimate of drug-likeness (QED) is 0.455. The van der Waals surface area contributed by atoms with Gasteiger partial charge in [0.15, 0.2) is 0 Å². The van der Waals surface area contributed by atoms with Crippen molar-refractivity contribution >= 4 is 0 Å². The van der Waals surface area contributed by atoms with Crippen LogP contribution in [0.4, 0.5) is 0 Å². The van der Waals surface area contributed by atoms with Crippen LogP contribution in [0.5, 0.6) is 0 Å². The Morgan fingerprint density at radius 1 is 1.33 bits per heavy atom. The molecule has 0 saturated carbocycles. The molecule has 49 valence electrons. The Labute approximate surface area is 80.4 Å². The molecule has 0 rings (SSSR count). The van der Waals surface area contributed by atoms with Gasteiger partial charge in [-0.2, -0.15) is 5.26 Å². The second-order valence-corrected chi connectivity index (χ2v) is 1.47. The van der Waals surface area contributed by atoms with E-state index in [-0.39, 0.29) is 36.5 Å². The Balaban J connectivity index is -0.000000180. The van der Waals surface area contributed by atoms with Crippen LogP contribution in [-0.2, 0) is 19.5 Å². The van der Waals surface area contributed by atoms with Gasteiger partial charge in [-0.3, -0.25) is 0 Å². The van der Waals surface area contributed by atoms with Gasteiger partial charge in [-0.05, 0) is 6.42 Å². The SMILES string of the molecule is [Br-].[CH2]CCCCC#N.[Zn]. The van der Waals surface area contributed by atoms with E-state index in [9.17, 15) is 0 Å². The van der Waals surface area contributed by atoms with E-state index in [4.69, 9.17) is 5.26 Å². The first-order chi connectivity index (χ1) is 3.41. The first-order valence-electron chi connectivity index (χ1n) is 2.58. The van der Waals surface area contributed by atoms with Crippen molar-refractivity contribution in [2.45, 2.75) is 25.7 Å². The van der Waals surface area contributed by atoms with Crippen molar-refractivity contribution in [1.29, 1.82) is 5.26 Å². The van der Waals surface area contributed by atoms with Crippen LogP contribution in [0.1, 0.15) is 25.7 Å². The molecular weight excluding hydrogens is 231 g/mol. The molecule has 0 N–H and O–H groups in total. The smallest absolute Gasteiger partial charge is 0.0621 e. The molecule has 0 spiro atoms. The molecule has 0 aliphatic carbocycles. The second kappa shape index (κ2) is 15.8. The Kier molecular flexibility index (Phi) is 28.7. The van der Waals surface area contributed by atoms with Gasteiger partial charge in [0.2, 0.25) is 0 Å². The normalized spacial score (nSPS) is 6.22. The summed E-state index contributed by atoms with van der Waals surface area (Å²) in [6, 6.07) is 2.07. The Morgan fingerprint density at radius 3 is 2.22 bits per heavy atom. The van der Waals surface area contributed by atoms with Crippen LogP contribution in [0.25, 0.3) is 0 Å². The minimum Gasteiger partial charge on any atom is -1.00 e. The molecule has 0 aliphatic heterocycles. The van der Waals surface area contributed by atoms with Gasteiger partial charge in [0.25, 0.3) is 0 Å². The first-order valence-corrected chi connectivity index (χ1v) is 2.58. The third-order valence-electron chi connectivity index (χ3n) is 0.789. The molecular formula is C6H10BrNZn-. The molecule has 1 nitrogen and oxygen atoms in total. The van der Waals surface area contributed by atoms with Crippen molar-refractivity contribution in [2.24, 2.45) is 0 Å². The maximum atomic E-state index is 8.02. The van der Waals surface area contributed by atoms with Crippen molar-refractivity contribution in [3.05, 3.63) is 6.92 Å². The topological polar surface area (TPSA) is 23.8 Å². The molecule has 0 bridgehead atoms. The van der Waals surface area contributed by atoms with Crippen LogP contribution < -0.4 is 17.0 Å². The standard InChI is InChI=1S/C6H10N.BrH.Zn/c1-2-3-4-5-6-7;;/h1-5H2;1H;/p-1. The van der Waals surface area contributed by atoms with Gasteiger partial charge in [0, 0.05) is 25.9 Å². The van der Waals surface area contributed by atoms with Crippen molar-refractivity contribution in [1.82, 2.24) is 0 Å². The average molecular weight is 241 g/mol. The van der Waals surface area contributed by atoms with Crippen molar-refractivity contribution in [3.8, 4) is 6.07 Å². The van der Waals surface area contributed by atoms with E-state index in [1.165, 1.54) is 0 Å². The molecule has 0 aliphatic rings. The van der Waals surface area contributed by atoms with Crippen molar-refractivity contribution < 1.29 is 36.5 Å². The van der Waals surface area contributed by atoms with Gasteiger partial charge >= 0.3 is 0 Å². The third-order valence-corrected chi connectivity index (χ3v) is 0.789. The molecule has 0 aromatic heterocycles. The number of nitriles is 1. The summed E-state index contributed by atoms with van der Waals surface area (Å²) in [5, 5.41) is 8.02. The summed E-state index contributed by atoms with van der Waals surface area (Å²) >= 11 is 0. The van der Waals surface area contributed by atoms with Gasteiger partial charge < -0.3 is 17.0 Å². The maximum Gasteiger partial charge on any atom is 0.0621 e. The van der Waals surface area contributed by atoms with E-state index in [1.54, 1.807) is 0 Å². The number of halogens is 1. The van der Waals surface area contributed by atoms with E-state index in [0.29, 0.717) is 6.42 Å². The summed E-state index contributed by atoms with van der Waals surface area (Å²) in [5.41, 5.74) is 0. The molecule has 0 atom stereocenters. The third kappa shape index (κ3) is 17.7.